The zero-order valence-corrected chi connectivity index (χ0v) is 20.4. The minimum absolute atomic E-state index is 0.267. The molecule has 0 aliphatic heterocycles. The molecule has 3 heterocycles. The van der Waals surface area contributed by atoms with E-state index in [1.54, 1.807) is 12.3 Å². The predicted molar refractivity (Wildman–Crippen MR) is 142 cm³/mol. The third kappa shape index (κ3) is 5.21. The Morgan fingerprint density at radius 3 is 2.60 bits per heavy atom. The van der Waals surface area contributed by atoms with Crippen LogP contribution < -0.4 is 16.0 Å². The summed E-state index contributed by atoms with van der Waals surface area (Å²) in [6.45, 7) is 2.33. The van der Waals surface area contributed by atoms with Crippen LogP contribution in [-0.2, 0) is 6.54 Å². The molecular weight excluding hydrogens is 478 g/mol. The highest BCUT2D eigenvalue weighted by Crippen LogP contribution is 2.29. The second-order valence-corrected chi connectivity index (χ2v) is 9.71. The van der Waals surface area contributed by atoms with Crippen molar-refractivity contribution in [3.63, 3.8) is 0 Å². The van der Waals surface area contributed by atoms with Crippen LogP contribution in [0.4, 0.5) is 17.2 Å². The number of nitrogens with zero attached hydrogens (tertiary/aromatic N) is 2. The van der Waals surface area contributed by atoms with E-state index in [4.69, 9.17) is 0 Å². The molecule has 2 amide bonds. The average Bonchev–Trinajstić information content (AvgIpc) is 3.55. The molecule has 0 saturated carbocycles. The molecule has 5 aromatic rings. The summed E-state index contributed by atoms with van der Waals surface area (Å²) in [6, 6.07) is 17.2. The van der Waals surface area contributed by atoms with E-state index in [1.165, 1.54) is 28.9 Å². The van der Waals surface area contributed by atoms with E-state index in [0.29, 0.717) is 29.2 Å². The van der Waals surface area contributed by atoms with Gasteiger partial charge < -0.3 is 16.0 Å². The number of hydrogen-bond acceptors (Lipinski definition) is 7. The van der Waals surface area contributed by atoms with E-state index in [2.05, 4.69) is 25.9 Å². The average molecular weight is 500 g/mol. The normalized spacial score (nSPS) is 10.8. The fraction of sp³-hybridized carbons (Fsp3) is 0.0769. The first kappa shape index (κ1) is 22.7. The van der Waals surface area contributed by atoms with Gasteiger partial charge in [-0.25, -0.2) is 9.97 Å². The van der Waals surface area contributed by atoms with Crippen LogP contribution >= 0.6 is 22.7 Å². The van der Waals surface area contributed by atoms with Gasteiger partial charge in [-0.1, -0.05) is 35.9 Å². The van der Waals surface area contributed by atoms with Crippen molar-refractivity contribution in [2.45, 2.75) is 13.5 Å². The number of thiazole rings is 1. The van der Waals surface area contributed by atoms with Gasteiger partial charge in [0.15, 0.2) is 5.82 Å². The largest absolute Gasteiger partial charge is 0.345 e. The van der Waals surface area contributed by atoms with Crippen LogP contribution in [0.5, 0.6) is 0 Å². The van der Waals surface area contributed by atoms with Crippen molar-refractivity contribution < 1.29 is 9.59 Å². The molecule has 0 spiro atoms. The van der Waals surface area contributed by atoms with Gasteiger partial charge >= 0.3 is 0 Å². The minimum atomic E-state index is -0.300. The molecule has 9 heteroatoms. The second-order valence-electron chi connectivity index (χ2n) is 7.82. The number of nitrogens with one attached hydrogen (secondary N) is 3. The van der Waals surface area contributed by atoms with E-state index in [-0.39, 0.29) is 11.8 Å². The maximum absolute atomic E-state index is 13.2. The summed E-state index contributed by atoms with van der Waals surface area (Å²) in [6.07, 6.45) is 3.18. The summed E-state index contributed by atoms with van der Waals surface area (Å²) in [5, 5.41) is 14.4. The number of carbonyl (C=O) groups is 2. The molecule has 3 N–H and O–H groups in total. The van der Waals surface area contributed by atoms with Crippen LogP contribution in [0.1, 0.15) is 31.3 Å². The highest BCUT2D eigenvalue weighted by atomic mass is 32.1. The number of aryl methyl sites for hydroxylation is 1. The summed E-state index contributed by atoms with van der Waals surface area (Å²) < 4.78 is 1.03. The lowest BCUT2D eigenvalue weighted by molar-refractivity contribution is 0.0949. The first-order chi connectivity index (χ1) is 17.1. The number of rotatable bonds is 7. The lowest BCUT2D eigenvalue weighted by Crippen LogP contribution is -2.23. The van der Waals surface area contributed by atoms with Crippen molar-refractivity contribution in [1.82, 2.24) is 15.3 Å². The van der Waals surface area contributed by atoms with Crippen LogP contribution in [0.2, 0.25) is 0 Å². The number of benzene rings is 2. The molecule has 0 fully saturated rings. The number of hydrogen-bond donors (Lipinski definition) is 3. The van der Waals surface area contributed by atoms with E-state index >= 15 is 0 Å². The lowest BCUT2D eigenvalue weighted by atomic mass is 10.1. The van der Waals surface area contributed by atoms with Gasteiger partial charge in [0.2, 0.25) is 0 Å². The maximum atomic E-state index is 13.2. The Hall–Kier alpha value is -4.08. The fourth-order valence-corrected chi connectivity index (χ4v) is 5.00. The SMILES string of the molecule is Cc1ccc(Nc2ncc(C(=O)NCc3nccs3)cc2NC(=O)c2csc3ccccc23)cc1. The second kappa shape index (κ2) is 10.0. The van der Waals surface area contributed by atoms with Crippen molar-refractivity contribution in [2.24, 2.45) is 0 Å². The highest BCUT2D eigenvalue weighted by molar-refractivity contribution is 7.17. The van der Waals surface area contributed by atoms with E-state index in [9.17, 15) is 9.59 Å². The molecule has 174 valence electrons. The Kier molecular flexibility index (Phi) is 6.51. The van der Waals surface area contributed by atoms with Crippen LogP contribution in [0, 0.1) is 6.92 Å². The fourth-order valence-electron chi connectivity index (χ4n) is 3.50. The van der Waals surface area contributed by atoms with E-state index in [1.807, 2.05) is 66.2 Å². The molecule has 0 atom stereocenters. The number of carbonyl (C=O) groups excluding carboxylic acids is 2. The Morgan fingerprint density at radius 1 is 0.971 bits per heavy atom. The first-order valence-corrected chi connectivity index (χ1v) is 12.6. The molecule has 0 unspecified atom stereocenters. The molecule has 35 heavy (non-hydrogen) atoms. The van der Waals surface area contributed by atoms with Crippen molar-refractivity contribution in [3.05, 3.63) is 99.4 Å². The Bertz CT molecular complexity index is 1490. The number of pyridine rings is 1. The molecule has 7 nitrogen and oxygen atoms in total. The third-order valence-electron chi connectivity index (χ3n) is 5.32. The lowest BCUT2D eigenvalue weighted by Gasteiger charge is -2.14. The van der Waals surface area contributed by atoms with E-state index < -0.39 is 0 Å². The topological polar surface area (TPSA) is 96.0 Å². The van der Waals surface area contributed by atoms with Gasteiger partial charge in [-0.3, -0.25) is 9.59 Å². The Labute approximate surface area is 209 Å². The van der Waals surface area contributed by atoms with Crippen LogP contribution in [0.25, 0.3) is 10.1 Å². The molecule has 2 aromatic carbocycles. The van der Waals surface area contributed by atoms with Gasteiger partial charge in [0, 0.05) is 38.9 Å². The molecular formula is C26H21N5O2S2. The summed E-state index contributed by atoms with van der Waals surface area (Å²) >= 11 is 2.98. The summed E-state index contributed by atoms with van der Waals surface area (Å²) in [4.78, 5) is 34.7. The number of anilines is 3. The molecule has 0 saturated heterocycles. The molecule has 0 aliphatic rings. The molecule has 3 aromatic heterocycles. The maximum Gasteiger partial charge on any atom is 0.257 e. The van der Waals surface area contributed by atoms with Crippen molar-refractivity contribution >= 4 is 61.8 Å². The van der Waals surface area contributed by atoms with Gasteiger partial charge in [0.1, 0.15) is 5.01 Å². The molecule has 0 bridgehead atoms. The number of fused-ring (bicyclic) bond motifs is 1. The highest BCUT2D eigenvalue weighted by Gasteiger charge is 2.17. The van der Waals surface area contributed by atoms with Crippen LogP contribution in [0.15, 0.2) is 77.8 Å². The Balaban J connectivity index is 1.43. The van der Waals surface area contributed by atoms with Crippen LogP contribution in [-0.4, -0.2) is 21.8 Å². The molecule has 0 aliphatic carbocycles. The number of thiophene rings is 1. The smallest absolute Gasteiger partial charge is 0.257 e. The van der Waals surface area contributed by atoms with Gasteiger partial charge in [-0.15, -0.1) is 22.7 Å². The number of aromatic nitrogens is 2. The summed E-state index contributed by atoms with van der Waals surface area (Å²) in [5.74, 6) is -0.124. The summed E-state index contributed by atoms with van der Waals surface area (Å²) in [5.41, 5.74) is 3.27. The quantitative estimate of drug-likeness (QED) is 0.256. The van der Waals surface area contributed by atoms with Gasteiger partial charge in [-0.2, -0.15) is 0 Å². The van der Waals surface area contributed by atoms with Crippen molar-refractivity contribution in [2.75, 3.05) is 10.6 Å². The molecule has 0 radical (unpaired) electrons. The first-order valence-electron chi connectivity index (χ1n) is 10.8. The van der Waals surface area contributed by atoms with Crippen LogP contribution in [0.3, 0.4) is 0 Å². The van der Waals surface area contributed by atoms with Gasteiger partial charge in [-0.05, 0) is 31.2 Å². The van der Waals surface area contributed by atoms with E-state index in [0.717, 1.165) is 26.3 Å². The zero-order chi connectivity index (χ0) is 24.2. The third-order valence-corrected chi connectivity index (χ3v) is 7.06. The standard InChI is InChI=1S/C26H21N5O2S2/c1-16-6-8-18(9-7-16)30-24-21(31-26(33)20-15-35-22-5-3-2-4-19(20)22)12-17(13-28-24)25(32)29-14-23-27-10-11-34-23/h2-13,15H,14H2,1H3,(H,28,30)(H,29,32)(H,31,33). The predicted octanol–water partition coefficient (Wildman–Crippen LogP) is 5.99. The molecule has 5 rings (SSSR count). The van der Waals surface area contributed by atoms with Gasteiger partial charge in [0.25, 0.3) is 11.8 Å². The zero-order valence-electron chi connectivity index (χ0n) is 18.7. The minimum Gasteiger partial charge on any atom is -0.345 e. The summed E-state index contributed by atoms with van der Waals surface area (Å²) in [7, 11) is 0. The van der Waals surface area contributed by atoms with Crippen molar-refractivity contribution in [1.29, 1.82) is 0 Å². The monoisotopic (exact) mass is 499 g/mol. The Morgan fingerprint density at radius 2 is 1.80 bits per heavy atom. The van der Waals surface area contributed by atoms with Crippen molar-refractivity contribution in [3.8, 4) is 0 Å². The number of amides is 2. The van der Waals surface area contributed by atoms with Gasteiger partial charge in [0.05, 0.1) is 23.4 Å².